The van der Waals surface area contributed by atoms with E-state index in [0.29, 0.717) is 38.5 Å². The van der Waals surface area contributed by atoms with E-state index in [9.17, 15) is 43.2 Å². The standard InChI is InChI=1S/C85H142O17P2/c1-5-9-13-17-21-25-29-33-35-37-39-41-43-47-50-54-58-62-66-70-83(88)96-76-80(101-84(89)71-67-63-59-55-51-46-32-28-24-20-16-12-8-4)77-99-103(91,92)97-73-79(86)74-98-104(93,94)100-78-81(75-95-82(87)69-65-61-57-53-49-45-31-27-23-19-15-11-7-3)102-85(90)72-68-64-60-56-52-48-44-42-40-38-36-34-30-26-22-18-14-10-6-2/h9-10,13-14,21-22,25-26,33-36,39-42,47-48,50,52,58,60,62,64,79-81,86H,5-8,11-12,15-20,23-24,27-32,37-38,43-46,49,51,53-57,59,61,63,65-78H2,1-4H3,(H,91,92)(H,93,94)/b13-9-,14-10-,25-21-,26-22-,35-33-,36-34-,41-39-,42-40-,50-47-,52-48-,62-58-,64-60-/t79-,80-,81-/m1/s1. The largest absolute Gasteiger partial charge is 0.472 e. The molecule has 0 aromatic carbocycles. The molecule has 0 spiro atoms. The van der Waals surface area contributed by atoms with E-state index in [4.69, 9.17) is 37.0 Å². The average Bonchev–Trinajstić information content (AvgIpc) is 0.926. The Balaban J connectivity index is 5.47. The normalized spacial score (nSPS) is 14.6. The lowest BCUT2D eigenvalue weighted by Crippen LogP contribution is -2.30. The van der Waals surface area contributed by atoms with Gasteiger partial charge in [0, 0.05) is 25.7 Å². The molecule has 19 heteroatoms. The number of hydrogen-bond acceptors (Lipinski definition) is 15. The molecule has 0 amide bonds. The fourth-order valence-electron chi connectivity index (χ4n) is 10.3. The number of allylic oxidation sites excluding steroid dienone is 24. The number of aliphatic hydroxyl groups is 1. The second kappa shape index (κ2) is 76.1. The quantitative estimate of drug-likeness (QED) is 0.0169. The highest BCUT2D eigenvalue weighted by atomic mass is 31.2. The molecule has 0 rings (SSSR count). The number of hydrogen-bond donors (Lipinski definition) is 3. The Morgan fingerprint density at radius 2 is 0.500 bits per heavy atom. The van der Waals surface area contributed by atoms with Crippen LogP contribution in [0.3, 0.4) is 0 Å². The third-order valence-corrected chi connectivity index (χ3v) is 18.3. The van der Waals surface area contributed by atoms with Crippen molar-refractivity contribution < 1.29 is 80.2 Å². The number of phosphoric acid groups is 2. The Morgan fingerprint density at radius 1 is 0.279 bits per heavy atom. The highest BCUT2D eigenvalue weighted by molar-refractivity contribution is 7.47. The number of unbranched alkanes of at least 4 members (excludes halogenated alkanes) is 24. The number of phosphoric ester groups is 2. The Hall–Kier alpha value is -5.06. The van der Waals surface area contributed by atoms with Crippen molar-refractivity contribution in [1.82, 2.24) is 0 Å². The molecule has 594 valence electrons. The van der Waals surface area contributed by atoms with Gasteiger partial charge >= 0.3 is 39.5 Å². The monoisotopic (exact) mass is 1500 g/mol. The molecule has 0 aromatic heterocycles. The van der Waals surface area contributed by atoms with Crippen LogP contribution in [0.4, 0.5) is 0 Å². The lowest BCUT2D eigenvalue weighted by atomic mass is 10.0. The van der Waals surface area contributed by atoms with Crippen molar-refractivity contribution in [3.8, 4) is 0 Å². The van der Waals surface area contributed by atoms with E-state index in [1.54, 1.807) is 0 Å². The zero-order valence-corrected chi connectivity index (χ0v) is 66.7. The molecule has 0 heterocycles. The first-order chi connectivity index (χ1) is 50.7. The zero-order valence-electron chi connectivity index (χ0n) is 64.9. The summed E-state index contributed by atoms with van der Waals surface area (Å²) < 4.78 is 68.4. The first-order valence-electron chi connectivity index (χ1n) is 40.1. The summed E-state index contributed by atoms with van der Waals surface area (Å²) in [6.07, 6.45) is 87.2. The van der Waals surface area contributed by atoms with Crippen molar-refractivity contribution in [3.05, 3.63) is 146 Å². The molecule has 0 bridgehead atoms. The number of aliphatic hydroxyl groups excluding tert-OH is 1. The van der Waals surface area contributed by atoms with Gasteiger partial charge in [-0.2, -0.15) is 0 Å². The fraction of sp³-hybridized carbons (Fsp3) is 0.671. The zero-order chi connectivity index (χ0) is 76.0. The van der Waals surface area contributed by atoms with Gasteiger partial charge in [-0.15, -0.1) is 0 Å². The minimum absolute atomic E-state index is 0.0331. The number of carbonyl (C=O) groups excluding carboxylic acids is 4. The minimum Gasteiger partial charge on any atom is -0.462 e. The molecule has 2 unspecified atom stereocenters. The van der Waals surface area contributed by atoms with Crippen molar-refractivity contribution >= 4 is 39.5 Å². The Kier molecular flexibility index (Phi) is 72.4. The summed E-state index contributed by atoms with van der Waals surface area (Å²) in [5, 5.41) is 10.6. The summed E-state index contributed by atoms with van der Waals surface area (Å²) in [4.78, 5) is 72.9. The lowest BCUT2D eigenvalue weighted by Gasteiger charge is -2.21. The van der Waals surface area contributed by atoms with Crippen LogP contribution in [0.1, 0.15) is 310 Å². The predicted molar refractivity (Wildman–Crippen MR) is 427 cm³/mol. The van der Waals surface area contributed by atoms with Gasteiger partial charge in [0.1, 0.15) is 19.3 Å². The summed E-state index contributed by atoms with van der Waals surface area (Å²) in [6, 6.07) is 0. The molecule has 0 aliphatic carbocycles. The van der Waals surface area contributed by atoms with Crippen molar-refractivity contribution in [3.63, 3.8) is 0 Å². The Labute approximate surface area is 630 Å². The topological polar surface area (TPSA) is 237 Å². The third-order valence-electron chi connectivity index (χ3n) is 16.4. The van der Waals surface area contributed by atoms with E-state index in [2.05, 4.69) is 137 Å². The molecule has 5 atom stereocenters. The predicted octanol–water partition coefficient (Wildman–Crippen LogP) is 23.4. The summed E-state index contributed by atoms with van der Waals surface area (Å²) in [5.74, 6) is -2.37. The van der Waals surface area contributed by atoms with Crippen LogP contribution < -0.4 is 0 Å². The second-order valence-corrected chi connectivity index (χ2v) is 29.2. The van der Waals surface area contributed by atoms with Gasteiger partial charge < -0.3 is 33.8 Å². The first-order valence-corrected chi connectivity index (χ1v) is 43.1. The summed E-state index contributed by atoms with van der Waals surface area (Å²) in [5.41, 5.74) is 0. The van der Waals surface area contributed by atoms with Crippen LogP contribution in [-0.4, -0.2) is 96.7 Å². The average molecular weight is 1500 g/mol. The van der Waals surface area contributed by atoms with Gasteiger partial charge in [-0.3, -0.25) is 37.3 Å². The number of esters is 4. The summed E-state index contributed by atoms with van der Waals surface area (Å²) >= 11 is 0. The van der Waals surface area contributed by atoms with Crippen LogP contribution in [-0.2, 0) is 65.4 Å². The second-order valence-electron chi connectivity index (χ2n) is 26.3. The lowest BCUT2D eigenvalue weighted by molar-refractivity contribution is -0.161. The van der Waals surface area contributed by atoms with Crippen molar-refractivity contribution in [2.75, 3.05) is 39.6 Å². The fourth-order valence-corrected chi connectivity index (χ4v) is 11.9. The molecule has 3 N–H and O–H groups in total. The van der Waals surface area contributed by atoms with E-state index >= 15 is 0 Å². The summed E-state index contributed by atoms with van der Waals surface area (Å²) in [7, 11) is -10.0. The van der Waals surface area contributed by atoms with Crippen LogP contribution in [0, 0.1) is 0 Å². The molecule has 17 nitrogen and oxygen atoms in total. The number of carbonyl (C=O) groups is 4. The molecule has 0 fully saturated rings. The van der Waals surface area contributed by atoms with Gasteiger partial charge in [0.15, 0.2) is 12.2 Å². The van der Waals surface area contributed by atoms with E-state index in [1.165, 1.54) is 103 Å². The maximum atomic E-state index is 13.1. The molecular formula is C85H142O17P2. The Morgan fingerprint density at radius 3 is 0.788 bits per heavy atom. The maximum Gasteiger partial charge on any atom is 0.472 e. The number of ether oxygens (including phenoxy) is 4. The molecular weight excluding hydrogens is 1350 g/mol. The SMILES string of the molecule is CC/C=C\C/C=C\C/C=C\C/C=C\C/C=C\C/C=C\CCC(=O)OC[C@H](COP(=O)(O)OC[C@@H](O)COP(=O)(O)OC[C@@H](COC(=O)CCCCCCCCCCCCCCC)OC(=O)CC/C=C\C/C=C\C/C=C\C/C=C\C/C=C\C/C=C\CC)OC(=O)CCCCCCCCCCCCCCC. The minimum atomic E-state index is -5.00. The molecule has 0 aliphatic heterocycles. The van der Waals surface area contributed by atoms with Gasteiger partial charge in [0.25, 0.3) is 0 Å². The van der Waals surface area contributed by atoms with E-state index < -0.39 is 97.5 Å². The molecule has 0 saturated heterocycles. The molecule has 0 saturated carbocycles. The first kappa shape index (κ1) is 98.9. The highest BCUT2D eigenvalue weighted by Gasteiger charge is 2.30. The van der Waals surface area contributed by atoms with E-state index in [-0.39, 0.29) is 25.7 Å². The molecule has 0 radical (unpaired) electrons. The molecule has 0 aromatic rings. The third kappa shape index (κ3) is 75.2. The van der Waals surface area contributed by atoms with Gasteiger partial charge in [0.2, 0.25) is 0 Å². The van der Waals surface area contributed by atoms with Gasteiger partial charge in [-0.25, -0.2) is 9.13 Å². The van der Waals surface area contributed by atoms with Crippen LogP contribution in [0.2, 0.25) is 0 Å². The Bertz CT molecular complexity index is 2540. The van der Waals surface area contributed by atoms with Crippen molar-refractivity contribution in [1.29, 1.82) is 0 Å². The van der Waals surface area contributed by atoms with Crippen molar-refractivity contribution in [2.24, 2.45) is 0 Å². The molecule has 0 aliphatic rings. The van der Waals surface area contributed by atoms with E-state index in [1.807, 2.05) is 36.5 Å². The smallest absolute Gasteiger partial charge is 0.462 e. The van der Waals surface area contributed by atoms with Crippen LogP contribution >= 0.6 is 15.6 Å². The van der Waals surface area contributed by atoms with Gasteiger partial charge in [-0.1, -0.05) is 328 Å². The van der Waals surface area contributed by atoms with Crippen molar-refractivity contribution in [2.45, 2.75) is 329 Å². The van der Waals surface area contributed by atoms with Gasteiger partial charge in [0.05, 0.1) is 26.4 Å². The van der Waals surface area contributed by atoms with E-state index in [0.717, 1.165) is 116 Å². The van der Waals surface area contributed by atoms with Crippen LogP contribution in [0.5, 0.6) is 0 Å². The number of rotatable bonds is 74. The maximum absolute atomic E-state index is 13.1. The van der Waals surface area contributed by atoms with Crippen LogP contribution in [0.25, 0.3) is 0 Å². The summed E-state index contributed by atoms with van der Waals surface area (Å²) in [6.45, 7) is 4.49. The molecule has 104 heavy (non-hydrogen) atoms. The van der Waals surface area contributed by atoms with Gasteiger partial charge in [-0.05, 0) is 103 Å². The highest BCUT2D eigenvalue weighted by Crippen LogP contribution is 2.45. The van der Waals surface area contributed by atoms with Crippen LogP contribution in [0.15, 0.2) is 146 Å².